The second-order valence-electron chi connectivity index (χ2n) is 6.14. The SMILES string of the molecule is Nc1nc2ccccc2c2cc(C=Cc3cccc(C(F)(F)F)c3)cnc12. The molecule has 0 atom stereocenters. The van der Waals surface area contributed by atoms with Crippen LogP contribution in [0.25, 0.3) is 34.0 Å². The zero-order chi connectivity index (χ0) is 19.0. The van der Waals surface area contributed by atoms with Crippen LogP contribution >= 0.6 is 0 Å². The van der Waals surface area contributed by atoms with Gasteiger partial charge in [-0.05, 0) is 35.4 Å². The molecule has 0 aliphatic rings. The van der Waals surface area contributed by atoms with Crippen molar-refractivity contribution in [2.24, 2.45) is 0 Å². The molecular formula is C21H14F3N3. The van der Waals surface area contributed by atoms with E-state index in [-0.39, 0.29) is 0 Å². The summed E-state index contributed by atoms with van der Waals surface area (Å²) in [6.45, 7) is 0. The van der Waals surface area contributed by atoms with E-state index in [2.05, 4.69) is 9.97 Å². The number of alkyl halides is 3. The normalized spacial score (nSPS) is 12.3. The van der Waals surface area contributed by atoms with Gasteiger partial charge in [-0.2, -0.15) is 13.2 Å². The van der Waals surface area contributed by atoms with E-state index in [4.69, 9.17) is 5.73 Å². The molecule has 134 valence electrons. The third-order valence-corrected chi connectivity index (χ3v) is 4.27. The Hall–Kier alpha value is -3.41. The molecule has 0 radical (unpaired) electrons. The predicted molar refractivity (Wildman–Crippen MR) is 102 cm³/mol. The molecule has 3 nitrogen and oxygen atoms in total. The number of anilines is 1. The second kappa shape index (κ2) is 6.39. The Bertz CT molecular complexity index is 1180. The third-order valence-electron chi connectivity index (χ3n) is 4.27. The second-order valence-corrected chi connectivity index (χ2v) is 6.14. The van der Waals surface area contributed by atoms with Crippen molar-refractivity contribution >= 4 is 39.8 Å². The van der Waals surface area contributed by atoms with Crippen LogP contribution in [-0.4, -0.2) is 9.97 Å². The number of halogens is 3. The maximum atomic E-state index is 12.8. The van der Waals surface area contributed by atoms with Gasteiger partial charge in [-0.3, -0.25) is 4.98 Å². The Labute approximate surface area is 153 Å². The van der Waals surface area contributed by atoms with Gasteiger partial charge < -0.3 is 5.73 Å². The molecule has 6 heteroatoms. The van der Waals surface area contributed by atoms with Crippen molar-refractivity contribution < 1.29 is 13.2 Å². The van der Waals surface area contributed by atoms with Crippen molar-refractivity contribution in [3.05, 3.63) is 77.5 Å². The number of benzene rings is 2. The van der Waals surface area contributed by atoms with Gasteiger partial charge in [0.2, 0.25) is 0 Å². The quantitative estimate of drug-likeness (QED) is 0.474. The van der Waals surface area contributed by atoms with Gasteiger partial charge in [0.05, 0.1) is 11.1 Å². The number of rotatable bonds is 2. The smallest absolute Gasteiger partial charge is 0.382 e. The van der Waals surface area contributed by atoms with Gasteiger partial charge in [0, 0.05) is 17.0 Å². The van der Waals surface area contributed by atoms with Crippen LogP contribution in [-0.2, 0) is 6.18 Å². The molecule has 0 aliphatic carbocycles. The highest BCUT2D eigenvalue weighted by atomic mass is 19.4. The molecule has 2 N–H and O–H groups in total. The Morgan fingerprint density at radius 3 is 2.44 bits per heavy atom. The van der Waals surface area contributed by atoms with Crippen LogP contribution in [0.1, 0.15) is 16.7 Å². The number of fused-ring (bicyclic) bond motifs is 3. The number of hydrogen-bond acceptors (Lipinski definition) is 3. The highest BCUT2D eigenvalue weighted by Crippen LogP contribution is 2.30. The molecule has 0 bridgehead atoms. The zero-order valence-corrected chi connectivity index (χ0v) is 14.0. The number of aromatic nitrogens is 2. The van der Waals surface area contributed by atoms with Gasteiger partial charge in [0.15, 0.2) is 5.82 Å². The summed E-state index contributed by atoms with van der Waals surface area (Å²) in [5.74, 6) is 0.345. The first-order valence-corrected chi connectivity index (χ1v) is 8.21. The van der Waals surface area contributed by atoms with Gasteiger partial charge in [0.1, 0.15) is 5.52 Å². The standard InChI is InChI=1S/C21H14F3N3/c22-21(23,24)15-5-3-4-13(10-15)8-9-14-11-17-16-6-1-2-7-18(16)27-20(25)19(17)26-12-14/h1-12H,(H2,25,27). The summed E-state index contributed by atoms with van der Waals surface area (Å²) in [6, 6.07) is 14.7. The van der Waals surface area contributed by atoms with Gasteiger partial charge in [-0.25, -0.2) is 4.98 Å². The molecular weight excluding hydrogens is 351 g/mol. The number of nitrogens with two attached hydrogens (primary N) is 1. The minimum absolute atomic E-state index is 0.345. The number of hydrogen-bond donors (Lipinski definition) is 1. The lowest BCUT2D eigenvalue weighted by Crippen LogP contribution is -2.04. The maximum Gasteiger partial charge on any atom is 0.416 e. The summed E-state index contributed by atoms with van der Waals surface area (Å²) in [5.41, 5.74) is 7.91. The molecule has 4 aromatic rings. The lowest BCUT2D eigenvalue weighted by atomic mass is 10.1. The number of nitrogen functional groups attached to an aromatic ring is 1. The summed E-state index contributed by atoms with van der Waals surface area (Å²) in [4.78, 5) is 8.73. The van der Waals surface area contributed by atoms with Crippen LogP contribution in [0.5, 0.6) is 0 Å². The summed E-state index contributed by atoms with van der Waals surface area (Å²) in [5, 5.41) is 1.77. The fourth-order valence-electron chi connectivity index (χ4n) is 2.97. The van der Waals surface area contributed by atoms with E-state index in [0.717, 1.165) is 34.0 Å². The van der Waals surface area contributed by atoms with E-state index in [1.807, 2.05) is 30.3 Å². The molecule has 0 fully saturated rings. The average molecular weight is 365 g/mol. The van der Waals surface area contributed by atoms with E-state index in [1.54, 1.807) is 24.4 Å². The van der Waals surface area contributed by atoms with Crippen LogP contribution in [0.2, 0.25) is 0 Å². The molecule has 2 aromatic carbocycles. The average Bonchev–Trinajstić information content (AvgIpc) is 2.66. The van der Waals surface area contributed by atoms with Crippen molar-refractivity contribution in [1.29, 1.82) is 0 Å². The minimum Gasteiger partial charge on any atom is -0.382 e. The Morgan fingerprint density at radius 1 is 0.852 bits per heavy atom. The van der Waals surface area contributed by atoms with Crippen LogP contribution in [0.3, 0.4) is 0 Å². The van der Waals surface area contributed by atoms with Gasteiger partial charge in [-0.15, -0.1) is 0 Å². The van der Waals surface area contributed by atoms with E-state index in [1.165, 1.54) is 6.07 Å². The minimum atomic E-state index is -4.36. The summed E-state index contributed by atoms with van der Waals surface area (Å²) in [7, 11) is 0. The molecule has 0 unspecified atom stereocenters. The fraction of sp³-hybridized carbons (Fsp3) is 0.0476. The monoisotopic (exact) mass is 365 g/mol. The van der Waals surface area contributed by atoms with Crippen LogP contribution in [0.4, 0.5) is 19.0 Å². The molecule has 0 saturated carbocycles. The summed E-state index contributed by atoms with van der Waals surface area (Å²) < 4.78 is 38.5. The Balaban J connectivity index is 1.77. The topological polar surface area (TPSA) is 51.8 Å². The molecule has 0 spiro atoms. The summed E-state index contributed by atoms with van der Waals surface area (Å²) in [6.07, 6.45) is 0.620. The van der Waals surface area contributed by atoms with Gasteiger partial charge in [0.25, 0.3) is 0 Å². The molecule has 4 rings (SSSR count). The van der Waals surface area contributed by atoms with Gasteiger partial charge >= 0.3 is 6.18 Å². The number of pyridine rings is 2. The maximum absolute atomic E-state index is 12.8. The van der Waals surface area contributed by atoms with Crippen molar-refractivity contribution in [3.8, 4) is 0 Å². The fourth-order valence-corrected chi connectivity index (χ4v) is 2.97. The molecule has 27 heavy (non-hydrogen) atoms. The third kappa shape index (κ3) is 3.33. The first-order valence-electron chi connectivity index (χ1n) is 8.21. The largest absolute Gasteiger partial charge is 0.416 e. The van der Waals surface area contributed by atoms with Crippen LogP contribution in [0, 0.1) is 0 Å². The lowest BCUT2D eigenvalue weighted by Gasteiger charge is -2.07. The molecule has 0 amide bonds. The predicted octanol–water partition coefficient (Wildman–Crippen LogP) is 5.55. The van der Waals surface area contributed by atoms with E-state index < -0.39 is 11.7 Å². The van der Waals surface area contributed by atoms with Crippen molar-refractivity contribution in [2.75, 3.05) is 5.73 Å². The first kappa shape index (κ1) is 17.0. The van der Waals surface area contributed by atoms with Crippen LogP contribution < -0.4 is 5.73 Å². The van der Waals surface area contributed by atoms with Crippen molar-refractivity contribution in [1.82, 2.24) is 9.97 Å². The summed E-state index contributed by atoms with van der Waals surface area (Å²) >= 11 is 0. The molecule has 0 saturated heterocycles. The lowest BCUT2D eigenvalue weighted by molar-refractivity contribution is -0.137. The molecule has 2 heterocycles. The highest BCUT2D eigenvalue weighted by Gasteiger charge is 2.30. The van der Waals surface area contributed by atoms with E-state index >= 15 is 0 Å². The van der Waals surface area contributed by atoms with Gasteiger partial charge in [-0.1, -0.05) is 42.5 Å². The molecule has 0 aliphatic heterocycles. The van der Waals surface area contributed by atoms with Crippen LogP contribution in [0.15, 0.2) is 60.8 Å². The first-order chi connectivity index (χ1) is 12.9. The Morgan fingerprint density at radius 2 is 1.63 bits per heavy atom. The highest BCUT2D eigenvalue weighted by molar-refractivity contribution is 6.08. The zero-order valence-electron chi connectivity index (χ0n) is 14.0. The molecule has 2 aromatic heterocycles. The van der Waals surface area contributed by atoms with Crippen molar-refractivity contribution in [2.45, 2.75) is 6.18 Å². The van der Waals surface area contributed by atoms with E-state index in [9.17, 15) is 13.2 Å². The number of para-hydroxylation sites is 1. The van der Waals surface area contributed by atoms with Crippen molar-refractivity contribution in [3.63, 3.8) is 0 Å². The Kier molecular flexibility index (Phi) is 4.03. The number of nitrogens with zero attached hydrogens (tertiary/aromatic N) is 2. The van der Waals surface area contributed by atoms with E-state index in [0.29, 0.717) is 16.9 Å².